The molecule has 0 spiro atoms. The summed E-state index contributed by atoms with van der Waals surface area (Å²) in [6.07, 6.45) is 3.09. The average Bonchev–Trinajstić information content (AvgIpc) is 2.94. The van der Waals surface area contributed by atoms with Crippen LogP contribution in [0.25, 0.3) is 0 Å². The second-order valence-electron chi connectivity index (χ2n) is 8.28. The molecule has 0 saturated carbocycles. The van der Waals surface area contributed by atoms with Gasteiger partial charge in [-0.3, -0.25) is 0 Å². The molecule has 1 aromatic carbocycles. The maximum absolute atomic E-state index is 5.35. The van der Waals surface area contributed by atoms with Gasteiger partial charge in [-0.15, -0.1) is 0 Å². The first-order valence-electron chi connectivity index (χ1n) is 8.64. The van der Waals surface area contributed by atoms with Crippen molar-refractivity contribution in [2.75, 3.05) is 19.1 Å². The number of rotatable bonds is 6. The highest BCUT2D eigenvalue weighted by atomic mass is 16.5. The van der Waals surface area contributed by atoms with Gasteiger partial charge in [0.05, 0.1) is 0 Å². The maximum Gasteiger partial charge on any atom is 0.145 e. The van der Waals surface area contributed by atoms with Gasteiger partial charge in [0.15, 0.2) is 0 Å². The van der Waals surface area contributed by atoms with Crippen molar-refractivity contribution >= 4 is 5.69 Å². The summed E-state index contributed by atoms with van der Waals surface area (Å²) in [5, 5.41) is 0. The molecule has 0 saturated heterocycles. The van der Waals surface area contributed by atoms with Crippen molar-refractivity contribution in [1.82, 2.24) is 10.9 Å². The molecule has 1 unspecified atom stereocenters. The van der Waals surface area contributed by atoms with Gasteiger partial charge in [0.25, 0.3) is 0 Å². The van der Waals surface area contributed by atoms with E-state index in [4.69, 9.17) is 4.74 Å². The number of nitrogens with zero attached hydrogens (tertiary/aromatic N) is 1. The smallest absolute Gasteiger partial charge is 0.145 e. The van der Waals surface area contributed by atoms with Crippen LogP contribution in [0.3, 0.4) is 0 Å². The molecule has 0 amide bonds. The fourth-order valence-corrected chi connectivity index (χ4v) is 3.69. The lowest BCUT2D eigenvalue weighted by Crippen LogP contribution is -2.46. The Morgan fingerprint density at radius 1 is 1.08 bits per heavy atom. The van der Waals surface area contributed by atoms with E-state index in [0.29, 0.717) is 0 Å². The van der Waals surface area contributed by atoms with Gasteiger partial charge in [0.2, 0.25) is 0 Å². The minimum atomic E-state index is -0.0560. The average molecular weight is 332 g/mol. The zero-order chi connectivity index (χ0) is 18.1. The molecule has 2 N–H and O–H groups in total. The third-order valence-electron chi connectivity index (χ3n) is 5.03. The monoisotopic (exact) mass is 331 g/mol. The normalized spacial score (nSPS) is 18.3. The summed E-state index contributed by atoms with van der Waals surface area (Å²) >= 11 is 0. The Balaban J connectivity index is 2.20. The quantitative estimate of drug-likeness (QED) is 0.829. The molecule has 1 aliphatic heterocycles. The number of hydrogen-bond donors (Lipinski definition) is 2. The molecule has 0 radical (unpaired) electrons. The van der Waals surface area contributed by atoms with Crippen LogP contribution in [0.2, 0.25) is 0 Å². The van der Waals surface area contributed by atoms with Gasteiger partial charge in [0, 0.05) is 36.5 Å². The van der Waals surface area contributed by atoms with E-state index in [0.717, 1.165) is 6.42 Å². The number of nitrogens with one attached hydrogen (secondary N) is 2. The van der Waals surface area contributed by atoms with Crippen molar-refractivity contribution in [3.05, 3.63) is 41.1 Å². The van der Waals surface area contributed by atoms with Crippen LogP contribution in [0.1, 0.15) is 45.2 Å². The Morgan fingerprint density at radius 3 is 2.17 bits per heavy atom. The topological polar surface area (TPSA) is 36.5 Å². The molecule has 0 fully saturated rings. The van der Waals surface area contributed by atoms with Gasteiger partial charge in [-0.25, -0.2) is 5.43 Å². The molecule has 1 aromatic rings. The number of ether oxygens (including phenoxy) is 1. The predicted octanol–water partition coefficient (Wildman–Crippen LogP) is 3.90. The molecular weight excluding hydrogens is 298 g/mol. The molecule has 24 heavy (non-hydrogen) atoms. The summed E-state index contributed by atoms with van der Waals surface area (Å²) in [4.78, 5) is 2.39. The Hall–Kier alpha value is -1.52. The number of allylic oxidation sites excluding steroid dienone is 1. The summed E-state index contributed by atoms with van der Waals surface area (Å²) in [6, 6.07) is 6.74. The number of aryl methyl sites for hydroxylation is 2. The second kappa shape index (κ2) is 6.77. The molecular formula is C20H33N3O. The fraction of sp³-hybridized carbons (Fsp3) is 0.600. The SMILES string of the molecule is COC1C=C(C(C)(C)CC(C)(C)N(C)c2cc(C)cc(C)c2)NN1. The number of anilines is 1. The first-order valence-corrected chi connectivity index (χ1v) is 8.64. The van der Waals surface area contributed by atoms with Gasteiger partial charge in [0.1, 0.15) is 6.23 Å². The molecule has 1 heterocycles. The summed E-state index contributed by atoms with van der Waals surface area (Å²) in [5.41, 5.74) is 11.5. The summed E-state index contributed by atoms with van der Waals surface area (Å²) < 4.78 is 5.35. The van der Waals surface area contributed by atoms with Gasteiger partial charge in [-0.2, -0.15) is 0 Å². The highest BCUT2D eigenvalue weighted by Crippen LogP contribution is 2.38. The van der Waals surface area contributed by atoms with E-state index in [-0.39, 0.29) is 17.2 Å². The lowest BCUT2D eigenvalue weighted by Gasteiger charge is -2.43. The molecule has 134 valence electrons. The van der Waals surface area contributed by atoms with Crippen LogP contribution in [0.4, 0.5) is 5.69 Å². The van der Waals surface area contributed by atoms with E-state index in [1.54, 1.807) is 7.11 Å². The van der Waals surface area contributed by atoms with Gasteiger partial charge < -0.3 is 15.1 Å². The molecule has 4 heteroatoms. The lowest BCUT2D eigenvalue weighted by molar-refractivity contribution is 0.113. The molecule has 4 nitrogen and oxygen atoms in total. The highest BCUT2D eigenvalue weighted by Gasteiger charge is 2.36. The number of benzene rings is 1. The molecule has 2 rings (SSSR count). The molecule has 0 aliphatic carbocycles. The van der Waals surface area contributed by atoms with E-state index < -0.39 is 0 Å². The van der Waals surface area contributed by atoms with Crippen LogP contribution < -0.4 is 15.8 Å². The Morgan fingerprint density at radius 2 is 1.67 bits per heavy atom. The van der Waals surface area contributed by atoms with E-state index in [1.165, 1.54) is 22.5 Å². The van der Waals surface area contributed by atoms with Crippen molar-refractivity contribution in [3.8, 4) is 0 Å². The zero-order valence-electron chi connectivity index (χ0n) is 16.4. The van der Waals surface area contributed by atoms with E-state index in [9.17, 15) is 0 Å². The predicted molar refractivity (Wildman–Crippen MR) is 102 cm³/mol. The third-order valence-corrected chi connectivity index (χ3v) is 5.03. The Bertz CT molecular complexity index is 599. The van der Waals surface area contributed by atoms with E-state index >= 15 is 0 Å². The van der Waals surface area contributed by atoms with Crippen LogP contribution in [0.15, 0.2) is 30.0 Å². The van der Waals surface area contributed by atoms with Crippen LogP contribution in [0, 0.1) is 19.3 Å². The number of methoxy groups -OCH3 is 1. The molecule has 1 aliphatic rings. The standard InChI is InChI=1S/C20H33N3O/c1-14-9-15(2)11-16(10-14)23(7)20(5,6)13-19(3,4)17-12-18(24-8)22-21-17/h9-12,18,21-22H,13H2,1-8H3. The largest absolute Gasteiger partial charge is 0.369 e. The van der Waals surface area contributed by atoms with Gasteiger partial charge >= 0.3 is 0 Å². The number of hydrogen-bond acceptors (Lipinski definition) is 4. The van der Waals surface area contributed by atoms with Crippen LogP contribution in [-0.4, -0.2) is 25.9 Å². The van der Waals surface area contributed by atoms with Gasteiger partial charge in [-0.1, -0.05) is 19.9 Å². The van der Waals surface area contributed by atoms with Crippen LogP contribution in [0.5, 0.6) is 0 Å². The first-order chi connectivity index (χ1) is 11.0. The minimum absolute atomic E-state index is 0.0108. The summed E-state index contributed by atoms with van der Waals surface area (Å²) in [6.45, 7) is 13.5. The van der Waals surface area contributed by atoms with E-state index in [1.807, 2.05) is 0 Å². The minimum Gasteiger partial charge on any atom is -0.369 e. The van der Waals surface area contributed by atoms with Crippen molar-refractivity contribution in [2.45, 2.75) is 59.7 Å². The summed E-state index contributed by atoms with van der Waals surface area (Å²) in [7, 11) is 3.90. The maximum atomic E-state index is 5.35. The Labute approximate surface area is 147 Å². The fourth-order valence-electron chi connectivity index (χ4n) is 3.69. The zero-order valence-corrected chi connectivity index (χ0v) is 16.4. The van der Waals surface area contributed by atoms with E-state index in [2.05, 4.69) is 88.6 Å². The van der Waals surface area contributed by atoms with Crippen molar-refractivity contribution in [2.24, 2.45) is 5.41 Å². The first kappa shape index (κ1) is 18.8. The van der Waals surface area contributed by atoms with Crippen LogP contribution in [-0.2, 0) is 4.74 Å². The van der Waals surface area contributed by atoms with Crippen LogP contribution >= 0.6 is 0 Å². The molecule has 1 atom stereocenters. The lowest BCUT2D eigenvalue weighted by atomic mass is 9.76. The van der Waals surface area contributed by atoms with Crippen molar-refractivity contribution < 1.29 is 4.74 Å². The summed E-state index contributed by atoms with van der Waals surface area (Å²) in [5.74, 6) is 0. The van der Waals surface area contributed by atoms with Crippen molar-refractivity contribution in [3.63, 3.8) is 0 Å². The molecule has 0 bridgehead atoms. The molecule has 0 aromatic heterocycles. The number of hydrazine groups is 1. The highest BCUT2D eigenvalue weighted by molar-refractivity contribution is 5.52. The Kier molecular flexibility index (Phi) is 5.31. The third kappa shape index (κ3) is 4.11. The van der Waals surface area contributed by atoms with Crippen molar-refractivity contribution in [1.29, 1.82) is 0 Å². The van der Waals surface area contributed by atoms with Gasteiger partial charge in [-0.05, 0) is 63.5 Å². The second-order valence-corrected chi connectivity index (χ2v) is 8.28.